The lowest BCUT2D eigenvalue weighted by Gasteiger charge is -2.45. The van der Waals surface area contributed by atoms with E-state index in [4.69, 9.17) is 5.73 Å². The van der Waals surface area contributed by atoms with Gasteiger partial charge < -0.3 is 10.6 Å². The van der Waals surface area contributed by atoms with Crippen LogP contribution in [0.25, 0.3) is 0 Å². The van der Waals surface area contributed by atoms with Gasteiger partial charge in [-0.05, 0) is 32.0 Å². The molecule has 1 fully saturated rings. The first-order valence-electron chi connectivity index (χ1n) is 7.48. The molecule has 1 aliphatic heterocycles. The number of halogens is 1. The van der Waals surface area contributed by atoms with Crippen molar-refractivity contribution in [1.82, 2.24) is 9.80 Å². The fourth-order valence-corrected chi connectivity index (χ4v) is 3.68. The first-order valence-corrected chi connectivity index (χ1v) is 8.28. The molecule has 0 aliphatic carbocycles. The number of piperazine rings is 1. The van der Waals surface area contributed by atoms with Gasteiger partial charge in [-0.25, -0.2) is 0 Å². The van der Waals surface area contributed by atoms with Crippen molar-refractivity contribution in [2.75, 3.05) is 26.7 Å². The van der Waals surface area contributed by atoms with Crippen molar-refractivity contribution < 1.29 is 0 Å². The van der Waals surface area contributed by atoms with Gasteiger partial charge in [-0.3, -0.25) is 4.90 Å². The summed E-state index contributed by atoms with van der Waals surface area (Å²) in [5, 5.41) is 0. The second-order valence-electron chi connectivity index (χ2n) is 5.89. The Morgan fingerprint density at radius 3 is 2.65 bits per heavy atom. The molecule has 1 saturated heterocycles. The van der Waals surface area contributed by atoms with Crippen LogP contribution >= 0.6 is 15.9 Å². The molecule has 0 amide bonds. The molecule has 0 saturated carbocycles. The molecule has 1 heterocycles. The van der Waals surface area contributed by atoms with Crippen molar-refractivity contribution >= 4 is 15.9 Å². The van der Waals surface area contributed by atoms with Crippen LogP contribution in [0.2, 0.25) is 0 Å². The number of benzene rings is 1. The lowest BCUT2D eigenvalue weighted by atomic mass is 9.94. The van der Waals surface area contributed by atoms with Gasteiger partial charge in [0.25, 0.3) is 0 Å². The SMILES string of the molecule is CCC(N)C(c1ccccc1Br)N1CCN(C)CC1C. The highest BCUT2D eigenvalue weighted by molar-refractivity contribution is 9.10. The minimum absolute atomic E-state index is 0.166. The topological polar surface area (TPSA) is 32.5 Å². The molecule has 1 aromatic rings. The molecule has 3 atom stereocenters. The molecule has 112 valence electrons. The van der Waals surface area contributed by atoms with Crippen LogP contribution in [0, 0.1) is 0 Å². The molecule has 20 heavy (non-hydrogen) atoms. The molecule has 4 heteroatoms. The second kappa shape index (κ2) is 7.03. The maximum absolute atomic E-state index is 6.47. The molecule has 3 unspecified atom stereocenters. The Balaban J connectivity index is 2.31. The lowest BCUT2D eigenvalue weighted by Crippen LogP contribution is -2.55. The monoisotopic (exact) mass is 339 g/mol. The van der Waals surface area contributed by atoms with Gasteiger partial charge in [0.2, 0.25) is 0 Å². The van der Waals surface area contributed by atoms with Crippen molar-refractivity contribution in [1.29, 1.82) is 0 Å². The Morgan fingerprint density at radius 2 is 2.05 bits per heavy atom. The fraction of sp³-hybridized carbons (Fsp3) is 0.625. The highest BCUT2D eigenvalue weighted by Gasteiger charge is 2.33. The van der Waals surface area contributed by atoms with E-state index in [1.54, 1.807) is 0 Å². The van der Waals surface area contributed by atoms with Crippen molar-refractivity contribution in [2.45, 2.75) is 38.4 Å². The number of rotatable bonds is 4. The summed E-state index contributed by atoms with van der Waals surface area (Å²) in [6, 6.07) is 9.48. The van der Waals surface area contributed by atoms with Gasteiger partial charge in [-0.15, -0.1) is 0 Å². The molecule has 0 spiro atoms. The molecule has 2 N–H and O–H groups in total. The number of hydrogen-bond acceptors (Lipinski definition) is 3. The zero-order valence-electron chi connectivity index (χ0n) is 12.7. The fourth-order valence-electron chi connectivity index (χ4n) is 3.16. The Labute approximate surface area is 131 Å². The Bertz CT molecular complexity index is 437. The molecule has 3 nitrogen and oxygen atoms in total. The van der Waals surface area contributed by atoms with Crippen LogP contribution in [0.1, 0.15) is 31.9 Å². The molecular formula is C16H26BrN3. The summed E-state index contributed by atoms with van der Waals surface area (Å²) >= 11 is 3.70. The molecule has 0 radical (unpaired) electrons. The van der Waals surface area contributed by atoms with Crippen molar-refractivity contribution in [2.24, 2.45) is 5.73 Å². The Morgan fingerprint density at radius 1 is 1.35 bits per heavy atom. The normalized spacial score (nSPS) is 24.6. The minimum atomic E-state index is 0.166. The van der Waals surface area contributed by atoms with E-state index in [0.29, 0.717) is 12.1 Å². The van der Waals surface area contributed by atoms with Gasteiger partial charge in [0.05, 0.1) is 6.04 Å². The maximum atomic E-state index is 6.47. The van der Waals surface area contributed by atoms with Crippen molar-refractivity contribution in [3.05, 3.63) is 34.3 Å². The van der Waals surface area contributed by atoms with E-state index in [2.05, 4.69) is 70.9 Å². The molecular weight excluding hydrogens is 314 g/mol. The number of likely N-dealkylation sites (N-methyl/N-ethyl adjacent to an activating group) is 1. The van der Waals surface area contributed by atoms with Gasteiger partial charge >= 0.3 is 0 Å². The van der Waals surface area contributed by atoms with E-state index in [1.807, 2.05) is 0 Å². The van der Waals surface area contributed by atoms with E-state index in [1.165, 1.54) is 10.0 Å². The van der Waals surface area contributed by atoms with E-state index in [9.17, 15) is 0 Å². The van der Waals surface area contributed by atoms with Gasteiger partial charge in [0.1, 0.15) is 0 Å². The van der Waals surface area contributed by atoms with Crippen molar-refractivity contribution in [3.63, 3.8) is 0 Å². The summed E-state index contributed by atoms with van der Waals surface area (Å²) in [4.78, 5) is 4.98. The minimum Gasteiger partial charge on any atom is -0.326 e. The maximum Gasteiger partial charge on any atom is 0.0514 e. The molecule has 0 aromatic heterocycles. The van der Waals surface area contributed by atoms with Crippen LogP contribution < -0.4 is 5.73 Å². The molecule has 1 aromatic carbocycles. The summed E-state index contributed by atoms with van der Waals surface area (Å²) in [5.74, 6) is 0. The lowest BCUT2D eigenvalue weighted by molar-refractivity contribution is 0.0489. The van der Waals surface area contributed by atoms with Crippen LogP contribution in [0.4, 0.5) is 0 Å². The van der Waals surface area contributed by atoms with Gasteiger partial charge in [0, 0.05) is 36.2 Å². The summed E-state index contributed by atoms with van der Waals surface area (Å²) in [6.45, 7) is 7.79. The highest BCUT2D eigenvalue weighted by Crippen LogP contribution is 2.33. The third kappa shape index (κ3) is 3.42. The zero-order chi connectivity index (χ0) is 14.7. The second-order valence-corrected chi connectivity index (χ2v) is 6.74. The molecule has 1 aliphatic rings. The number of nitrogens with two attached hydrogens (primary N) is 1. The number of nitrogens with zero attached hydrogens (tertiary/aromatic N) is 2. The third-order valence-corrected chi connectivity index (χ3v) is 5.06. The molecule has 0 bridgehead atoms. The first-order chi connectivity index (χ1) is 9.54. The van der Waals surface area contributed by atoms with Crippen LogP contribution in [0.5, 0.6) is 0 Å². The predicted octanol–water partition coefficient (Wildman–Crippen LogP) is 2.86. The average molecular weight is 340 g/mol. The predicted molar refractivity (Wildman–Crippen MR) is 88.8 cm³/mol. The van der Waals surface area contributed by atoms with Gasteiger partial charge in [-0.2, -0.15) is 0 Å². The van der Waals surface area contributed by atoms with Gasteiger partial charge in [-0.1, -0.05) is 41.1 Å². The largest absolute Gasteiger partial charge is 0.326 e. The summed E-state index contributed by atoms with van der Waals surface area (Å²) < 4.78 is 1.17. The van der Waals surface area contributed by atoms with Crippen LogP contribution in [0.3, 0.4) is 0 Å². The van der Waals surface area contributed by atoms with E-state index < -0.39 is 0 Å². The summed E-state index contributed by atoms with van der Waals surface area (Å²) in [5.41, 5.74) is 7.79. The molecule has 2 rings (SSSR count). The van der Waals surface area contributed by atoms with Gasteiger partial charge in [0.15, 0.2) is 0 Å². The zero-order valence-corrected chi connectivity index (χ0v) is 14.3. The average Bonchev–Trinajstić information content (AvgIpc) is 2.43. The highest BCUT2D eigenvalue weighted by atomic mass is 79.9. The van der Waals surface area contributed by atoms with Crippen LogP contribution in [-0.2, 0) is 0 Å². The summed E-state index contributed by atoms with van der Waals surface area (Å²) in [7, 11) is 2.20. The first kappa shape index (κ1) is 16.0. The van der Waals surface area contributed by atoms with E-state index in [0.717, 1.165) is 26.1 Å². The Kier molecular flexibility index (Phi) is 5.61. The third-order valence-electron chi connectivity index (χ3n) is 4.34. The summed E-state index contributed by atoms with van der Waals surface area (Å²) in [6.07, 6.45) is 0.991. The van der Waals surface area contributed by atoms with E-state index >= 15 is 0 Å². The standard InChI is InChI=1S/C16H26BrN3/c1-4-15(18)16(13-7-5-6-8-14(13)17)20-10-9-19(3)11-12(20)2/h5-8,12,15-16H,4,9-11,18H2,1-3H3. The van der Waals surface area contributed by atoms with Crippen molar-refractivity contribution in [3.8, 4) is 0 Å². The van der Waals surface area contributed by atoms with E-state index in [-0.39, 0.29) is 6.04 Å². The van der Waals surface area contributed by atoms with Crippen LogP contribution in [0.15, 0.2) is 28.7 Å². The quantitative estimate of drug-likeness (QED) is 0.915. The van der Waals surface area contributed by atoms with Crippen LogP contribution in [-0.4, -0.2) is 48.6 Å². The smallest absolute Gasteiger partial charge is 0.0514 e. The number of hydrogen-bond donors (Lipinski definition) is 1. The Hall–Kier alpha value is -0.420.